The first-order valence-electron chi connectivity index (χ1n) is 8.12. The van der Waals surface area contributed by atoms with Gasteiger partial charge in [0.15, 0.2) is 0 Å². The fraction of sp³-hybridized carbons (Fsp3) is 0.625. The third-order valence-electron chi connectivity index (χ3n) is 4.70. The van der Waals surface area contributed by atoms with E-state index in [2.05, 4.69) is 11.8 Å². The summed E-state index contributed by atoms with van der Waals surface area (Å²) in [5.41, 5.74) is 6.93. The van der Waals surface area contributed by atoms with Gasteiger partial charge in [-0.05, 0) is 17.5 Å². The molecule has 2 aliphatic heterocycles. The van der Waals surface area contributed by atoms with Gasteiger partial charge < -0.3 is 10.5 Å². The molecule has 0 aromatic heterocycles. The van der Waals surface area contributed by atoms with Crippen molar-refractivity contribution in [1.82, 2.24) is 9.21 Å². The highest BCUT2D eigenvalue weighted by Gasteiger charge is 2.31. The molecule has 0 bridgehead atoms. The van der Waals surface area contributed by atoms with Gasteiger partial charge in [-0.1, -0.05) is 25.1 Å². The van der Waals surface area contributed by atoms with E-state index < -0.39 is 10.0 Å². The predicted octanol–water partition coefficient (Wildman–Crippen LogP) is 0.487. The maximum Gasteiger partial charge on any atom is 0.243 e. The molecule has 7 heteroatoms. The van der Waals surface area contributed by atoms with E-state index in [0.29, 0.717) is 43.7 Å². The molecule has 3 rings (SSSR count). The minimum absolute atomic E-state index is 0.165. The summed E-state index contributed by atoms with van der Waals surface area (Å²) in [5, 5.41) is 0. The van der Waals surface area contributed by atoms with Crippen molar-refractivity contribution in [3.63, 3.8) is 0 Å². The van der Waals surface area contributed by atoms with Crippen molar-refractivity contribution in [3.05, 3.63) is 29.8 Å². The second kappa shape index (κ2) is 6.86. The quantitative estimate of drug-likeness (QED) is 0.864. The number of ether oxygens (including phenoxy) is 1. The molecule has 0 radical (unpaired) electrons. The molecule has 2 atom stereocenters. The number of morpholine rings is 1. The average Bonchev–Trinajstić information content (AvgIpc) is 2.86. The van der Waals surface area contributed by atoms with Gasteiger partial charge in [0.1, 0.15) is 0 Å². The van der Waals surface area contributed by atoms with Crippen LogP contribution >= 0.6 is 0 Å². The Kier molecular flexibility index (Phi) is 5.03. The summed E-state index contributed by atoms with van der Waals surface area (Å²) in [5.74, 6) is 0.443. The number of hydrogen-bond acceptors (Lipinski definition) is 5. The van der Waals surface area contributed by atoms with E-state index in [9.17, 15) is 8.42 Å². The van der Waals surface area contributed by atoms with E-state index in [1.54, 1.807) is 12.1 Å². The Morgan fingerprint density at radius 2 is 1.91 bits per heavy atom. The van der Waals surface area contributed by atoms with Crippen molar-refractivity contribution in [2.75, 3.05) is 39.4 Å². The van der Waals surface area contributed by atoms with Crippen molar-refractivity contribution in [3.8, 4) is 0 Å². The second-order valence-corrected chi connectivity index (χ2v) is 8.37. The minimum Gasteiger partial charge on any atom is -0.379 e. The first-order valence-corrected chi connectivity index (χ1v) is 9.56. The smallest absolute Gasteiger partial charge is 0.243 e. The molecule has 2 N–H and O–H groups in total. The van der Waals surface area contributed by atoms with Crippen molar-refractivity contribution < 1.29 is 13.2 Å². The van der Waals surface area contributed by atoms with Crippen LogP contribution in [0.25, 0.3) is 0 Å². The van der Waals surface area contributed by atoms with Crippen LogP contribution < -0.4 is 5.73 Å². The van der Waals surface area contributed by atoms with Crippen LogP contribution in [-0.4, -0.2) is 63.1 Å². The zero-order valence-corrected chi connectivity index (χ0v) is 14.3. The van der Waals surface area contributed by atoms with E-state index in [0.717, 1.165) is 18.7 Å². The molecule has 23 heavy (non-hydrogen) atoms. The van der Waals surface area contributed by atoms with Gasteiger partial charge in [-0.3, -0.25) is 4.90 Å². The molecule has 2 aliphatic rings. The van der Waals surface area contributed by atoms with E-state index in [4.69, 9.17) is 10.5 Å². The average molecular weight is 339 g/mol. The van der Waals surface area contributed by atoms with Gasteiger partial charge in [0.2, 0.25) is 10.0 Å². The molecule has 0 aliphatic carbocycles. The molecule has 0 saturated carbocycles. The van der Waals surface area contributed by atoms with Crippen LogP contribution in [0, 0.1) is 5.92 Å². The third-order valence-corrected chi connectivity index (χ3v) is 6.70. The lowest BCUT2D eigenvalue weighted by Gasteiger charge is -2.27. The topological polar surface area (TPSA) is 75.9 Å². The first-order chi connectivity index (χ1) is 11.0. The van der Waals surface area contributed by atoms with Crippen LogP contribution in [0.5, 0.6) is 0 Å². The standard InChI is InChI=1S/C16H25N3O3S/c1-13-10-18(12-15(13)17)11-14-4-2-3-5-16(14)23(20,21)19-6-8-22-9-7-19/h2-5,13,15H,6-12,17H2,1H3. The lowest BCUT2D eigenvalue weighted by molar-refractivity contribution is 0.0730. The summed E-state index contributed by atoms with van der Waals surface area (Å²) in [6.45, 7) is 6.24. The number of likely N-dealkylation sites (tertiary alicyclic amines) is 1. The lowest BCUT2D eigenvalue weighted by atomic mass is 10.1. The Balaban J connectivity index is 1.83. The normalized spacial score (nSPS) is 27.4. The summed E-state index contributed by atoms with van der Waals surface area (Å²) in [4.78, 5) is 2.65. The molecule has 0 spiro atoms. The lowest BCUT2D eigenvalue weighted by Crippen LogP contribution is -2.41. The Morgan fingerprint density at radius 1 is 1.22 bits per heavy atom. The minimum atomic E-state index is -3.47. The molecule has 0 amide bonds. The number of sulfonamides is 1. The van der Waals surface area contributed by atoms with E-state index in [1.165, 1.54) is 4.31 Å². The molecular weight excluding hydrogens is 314 g/mol. The third kappa shape index (κ3) is 3.59. The maximum atomic E-state index is 12.9. The van der Waals surface area contributed by atoms with Gasteiger partial charge >= 0.3 is 0 Å². The monoisotopic (exact) mass is 339 g/mol. The Hall–Kier alpha value is -0.990. The van der Waals surface area contributed by atoms with Crippen LogP contribution in [0.4, 0.5) is 0 Å². The van der Waals surface area contributed by atoms with E-state index >= 15 is 0 Å². The van der Waals surface area contributed by atoms with E-state index in [1.807, 2.05) is 12.1 Å². The van der Waals surface area contributed by atoms with Gasteiger partial charge in [0.25, 0.3) is 0 Å². The zero-order valence-electron chi connectivity index (χ0n) is 13.5. The molecule has 2 heterocycles. The Bertz CT molecular complexity index is 634. The molecule has 6 nitrogen and oxygen atoms in total. The van der Waals surface area contributed by atoms with Crippen LogP contribution in [-0.2, 0) is 21.3 Å². The van der Waals surface area contributed by atoms with Crippen molar-refractivity contribution >= 4 is 10.0 Å². The summed E-state index contributed by atoms with van der Waals surface area (Å²) >= 11 is 0. The number of nitrogens with zero attached hydrogens (tertiary/aromatic N) is 2. The highest BCUT2D eigenvalue weighted by atomic mass is 32.2. The predicted molar refractivity (Wildman–Crippen MR) is 88.4 cm³/mol. The van der Waals surface area contributed by atoms with Crippen LogP contribution in [0.1, 0.15) is 12.5 Å². The van der Waals surface area contributed by atoms with Crippen LogP contribution in [0.3, 0.4) is 0 Å². The van der Waals surface area contributed by atoms with Crippen LogP contribution in [0.15, 0.2) is 29.2 Å². The van der Waals surface area contributed by atoms with Crippen LogP contribution in [0.2, 0.25) is 0 Å². The van der Waals surface area contributed by atoms with Gasteiger partial charge in [-0.25, -0.2) is 8.42 Å². The van der Waals surface area contributed by atoms with Gasteiger partial charge in [0.05, 0.1) is 18.1 Å². The fourth-order valence-corrected chi connectivity index (χ4v) is 4.90. The second-order valence-electron chi connectivity index (χ2n) is 6.46. The van der Waals surface area contributed by atoms with Crippen molar-refractivity contribution in [1.29, 1.82) is 0 Å². The highest BCUT2D eigenvalue weighted by molar-refractivity contribution is 7.89. The molecule has 2 fully saturated rings. The molecule has 2 unspecified atom stereocenters. The Morgan fingerprint density at radius 3 is 2.57 bits per heavy atom. The first kappa shape index (κ1) is 16.9. The van der Waals surface area contributed by atoms with E-state index in [-0.39, 0.29) is 6.04 Å². The van der Waals surface area contributed by atoms with Gasteiger partial charge in [-0.2, -0.15) is 4.31 Å². The summed E-state index contributed by atoms with van der Waals surface area (Å²) < 4.78 is 32.7. The SMILES string of the molecule is CC1CN(Cc2ccccc2S(=O)(=O)N2CCOCC2)CC1N. The maximum absolute atomic E-state index is 12.9. The number of rotatable bonds is 4. The zero-order chi connectivity index (χ0) is 16.4. The van der Waals surface area contributed by atoms with Gasteiger partial charge in [-0.15, -0.1) is 0 Å². The summed E-state index contributed by atoms with van der Waals surface area (Å²) in [6.07, 6.45) is 0. The Labute approximate surface area is 138 Å². The summed E-state index contributed by atoms with van der Waals surface area (Å²) in [6, 6.07) is 7.46. The highest BCUT2D eigenvalue weighted by Crippen LogP contribution is 2.24. The van der Waals surface area contributed by atoms with Gasteiger partial charge in [0, 0.05) is 38.8 Å². The van der Waals surface area contributed by atoms with Crippen molar-refractivity contribution in [2.45, 2.75) is 24.4 Å². The number of nitrogens with two attached hydrogens (primary N) is 1. The molecule has 128 valence electrons. The fourth-order valence-electron chi connectivity index (χ4n) is 3.28. The van der Waals surface area contributed by atoms with Crippen molar-refractivity contribution in [2.24, 2.45) is 11.7 Å². The largest absolute Gasteiger partial charge is 0.379 e. The molecule has 2 saturated heterocycles. The molecule has 1 aromatic rings. The summed E-state index contributed by atoms with van der Waals surface area (Å²) in [7, 11) is -3.47. The number of benzene rings is 1. The number of hydrogen-bond donors (Lipinski definition) is 1. The molecule has 1 aromatic carbocycles. The molecular formula is C16H25N3O3S.